The molecule has 0 saturated heterocycles. The van der Waals surface area contributed by atoms with Crippen LogP contribution < -0.4 is 5.32 Å². The molecule has 0 unspecified atom stereocenters. The van der Waals surface area contributed by atoms with E-state index in [9.17, 15) is 23.3 Å². The molecule has 128 valence electrons. The lowest BCUT2D eigenvalue weighted by Gasteiger charge is -2.17. The topological polar surface area (TPSA) is 128 Å². The van der Waals surface area contributed by atoms with Crippen LogP contribution in [0.1, 0.15) is 10.4 Å². The summed E-state index contributed by atoms with van der Waals surface area (Å²) in [5.41, 5.74) is 0.0619. The van der Waals surface area contributed by atoms with Gasteiger partial charge in [-0.3, -0.25) is 10.1 Å². The van der Waals surface area contributed by atoms with Crippen LogP contribution in [0.4, 0.5) is 11.4 Å². The predicted octanol–water partition coefficient (Wildman–Crippen LogP) is 1.96. The average molecular weight is 361 g/mol. The van der Waals surface area contributed by atoms with Crippen LogP contribution in [0.15, 0.2) is 57.8 Å². The Morgan fingerprint density at radius 3 is 2.72 bits per heavy atom. The molecule has 0 amide bonds. The van der Waals surface area contributed by atoms with E-state index >= 15 is 0 Å². The Kier molecular flexibility index (Phi) is 4.19. The summed E-state index contributed by atoms with van der Waals surface area (Å²) in [4.78, 5) is 22.1. The Hall–Kier alpha value is -3.27. The van der Waals surface area contributed by atoms with Crippen molar-refractivity contribution in [2.75, 3.05) is 11.9 Å². The summed E-state index contributed by atoms with van der Waals surface area (Å²) in [7, 11) is -3.88. The minimum absolute atomic E-state index is 0.0196. The highest BCUT2D eigenvalue weighted by Crippen LogP contribution is 2.26. The first-order valence-electron chi connectivity index (χ1n) is 6.98. The van der Waals surface area contributed by atoms with Gasteiger partial charge in [0.15, 0.2) is 12.4 Å². The summed E-state index contributed by atoms with van der Waals surface area (Å²) in [6, 6.07) is 11.2. The Balaban J connectivity index is 1.74. The number of ether oxygens (including phenoxy) is 1. The number of carbonyl (C=O) groups excluding carboxylic acids is 1. The molecule has 0 spiro atoms. The molecule has 0 saturated carbocycles. The molecule has 0 radical (unpaired) electrons. The van der Waals surface area contributed by atoms with E-state index in [2.05, 4.69) is 9.71 Å². The molecule has 0 aromatic heterocycles. The van der Waals surface area contributed by atoms with Crippen molar-refractivity contribution >= 4 is 33.2 Å². The van der Waals surface area contributed by atoms with Gasteiger partial charge in [-0.1, -0.05) is 18.2 Å². The van der Waals surface area contributed by atoms with Gasteiger partial charge in [0.1, 0.15) is 4.90 Å². The van der Waals surface area contributed by atoms with E-state index in [-0.39, 0.29) is 22.0 Å². The predicted molar refractivity (Wildman–Crippen MR) is 88.1 cm³/mol. The standard InChI is InChI=1S/C15H11N3O6S/c19-15(10-4-3-5-11(8-10)18(20)21)24-9-14-16-12-6-1-2-7-13(12)25(22,23)17-14/h1-8H,9H2,(H,16,17). The Labute approximate surface area is 142 Å². The molecule has 0 aliphatic carbocycles. The monoisotopic (exact) mass is 361 g/mol. The highest BCUT2D eigenvalue weighted by Gasteiger charge is 2.25. The Morgan fingerprint density at radius 2 is 1.96 bits per heavy atom. The number of anilines is 1. The van der Waals surface area contributed by atoms with Crippen molar-refractivity contribution in [2.45, 2.75) is 4.90 Å². The SMILES string of the molecule is O=C(OCC1=NS(=O)(=O)c2ccccc2N1)c1cccc([N+](=O)[O-])c1. The van der Waals surface area contributed by atoms with Gasteiger partial charge in [-0.15, -0.1) is 4.40 Å². The van der Waals surface area contributed by atoms with Gasteiger partial charge in [0.25, 0.3) is 15.7 Å². The fourth-order valence-electron chi connectivity index (χ4n) is 2.19. The number of esters is 1. The molecule has 0 atom stereocenters. The summed E-state index contributed by atoms with van der Waals surface area (Å²) in [6.45, 7) is -0.422. The Bertz CT molecular complexity index is 1000. The number of amidine groups is 1. The Morgan fingerprint density at radius 1 is 1.20 bits per heavy atom. The number of hydrogen-bond donors (Lipinski definition) is 1. The van der Waals surface area contributed by atoms with E-state index < -0.39 is 27.5 Å². The van der Waals surface area contributed by atoms with Gasteiger partial charge in [0.05, 0.1) is 16.2 Å². The molecule has 25 heavy (non-hydrogen) atoms. The largest absolute Gasteiger partial charge is 0.454 e. The van der Waals surface area contributed by atoms with Crippen molar-refractivity contribution in [1.82, 2.24) is 0 Å². The molecule has 0 fully saturated rings. The summed E-state index contributed by atoms with van der Waals surface area (Å²) < 4.78 is 32.7. The number of nitrogens with one attached hydrogen (secondary N) is 1. The molecule has 1 heterocycles. The summed E-state index contributed by atoms with van der Waals surface area (Å²) in [5.74, 6) is -0.887. The van der Waals surface area contributed by atoms with Crippen molar-refractivity contribution in [2.24, 2.45) is 4.40 Å². The molecule has 1 aliphatic rings. The third-order valence-electron chi connectivity index (χ3n) is 3.31. The number of sulfonamides is 1. The number of hydrogen-bond acceptors (Lipinski definition) is 7. The van der Waals surface area contributed by atoms with E-state index in [1.165, 1.54) is 24.3 Å². The molecule has 9 nitrogen and oxygen atoms in total. The van der Waals surface area contributed by atoms with E-state index in [0.717, 1.165) is 6.07 Å². The van der Waals surface area contributed by atoms with Gasteiger partial charge < -0.3 is 10.1 Å². The van der Waals surface area contributed by atoms with Gasteiger partial charge in [0, 0.05) is 12.1 Å². The zero-order chi connectivity index (χ0) is 18.0. The number of rotatable bonds is 4. The zero-order valence-electron chi connectivity index (χ0n) is 12.6. The average Bonchev–Trinajstić information content (AvgIpc) is 2.59. The van der Waals surface area contributed by atoms with Crippen LogP contribution in [-0.4, -0.2) is 31.8 Å². The molecule has 0 bridgehead atoms. The number of benzene rings is 2. The van der Waals surface area contributed by atoms with Crippen molar-refractivity contribution in [3.8, 4) is 0 Å². The van der Waals surface area contributed by atoms with Crippen LogP contribution in [0.5, 0.6) is 0 Å². The van der Waals surface area contributed by atoms with Crippen molar-refractivity contribution < 1.29 is 22.9 Å². The second-order valence-corrected chi connectivity index (χ2v) is 6.59. The van der Waals surface area contributed by atoms with E-state index in [1.807, 2.05) is 0 Å². The second kappa shape index (κ2) is 6.32. The lowest BCUT2D eigenvalue weighted by molar-refractivity contribution is -0.384. The van der Waals surface area contributed by atoms with Crippen LogP contribution in [0.3, 0.4) is 0 Å². The molecule has 2 aromatic carbocycles. The third kappa shape index (κ3) is 3.48. The lowest BCUT2D eigenvalue weighted by Crippen LogP contribution is -2.27. The summed E-state index contributed by atoms with van der Waals surface area (Å²) in [5, 5.41) is 13.5. The second-order valence-electron chi connectivity index (χ2n) is 5.02. The molecule has 10 heteroatoms. The quantitative estimate of drug-likeness (QED) is 0.501. The molecule has 1 N–H and O–H groups in total. The number of non-ortho nitro benzene ring substituents is 1. The number of carbonyl (C=O) groups is 1. The maximum Gasteiger partial charge on any atom is 0.338 e. The minimum atomic E-state index is -3.88. The zero-order valence-corrected chi connectivity index (χ0v) is 13.4. The number of para-hydroxylation sites is 1. The fraction of sp³-hybridized carbons (Fsp3) is 0.0667. The minimum Gasteiger partial charge on any atom is -0.454 e. The number of nitro groups is 1. The van der Waals surface area contributed by atoms with Crippen LogP contribution in [0, 0.1) is 10.1 Å². The first kappa shape index (κ1) is 16.6. The smallest absolute Gasteiger partial charge is 0.338 e. The van der Waals surface area contributed by atoms with Crippen LogP contribution in [0.25, 0.3) is 0 Å². The number of fused-ring (bicyclic) bond motifs is 1. The maximum atomic E-state index is 12.1. The van der Waals surface area contributed by atoms with Crippen LogP contribution in [0.2, 0.25) is 0 Å². The normalized spacial score (nSPS) is 14.6. The van der Waals surface area contributed by atoms with Crippen molar-refractivity contribution in [1.29, 1.82) is 0 Å². The van der Waals surface area contributed by atoms with E-state index in [4.69, 9.17) is 4.74 Å². The lowest BCUT2D eigenvalue weighted by atomic mass is 10.2. The summed E-state index contributed by atoms with van der Waals surface area (Å²) >= 11 is 0. The van der Waals surface area contributed by atoms with Gasteiger partial charge in [0.2, 0.25) is 0 Å². The highest BCUT2D eigenvalue weighted by atomic mass is 32.2. The highest BCUT2D eigenvalue weighted by molar-refractivity contribution is 7.90. The van der Waals surface area contributed by atoms with Gasteiger partial charge in [-0.05, 0) is 18.2 Å². The van der Waals surface area contributed by atoms with Gasteiger partial charge in [-0.2, -0.15) is 8.42 Å². The fourth-order valence-corrected chi connectivity index (χ4v) is 3.33. The molecule has 3 rings (SSSR count). The third-order valence-corrected chi connectivity index (χ3v) is 4.68. The van der Waals surface area contributed by atoms with Gasteiger partial charge >= 0.3 is 5.97 Å². The maximum absolute atomic E-state index is 12.1. The molecule has 1 aliphatic heterocycles. The summed E-state index contributed by atoms with van der Waals surface area (Å²) in [6.07, 6.45) is 0. The molecule has 2 aromatic rings. The van der Waals surface area contributed by atoms with E-state index in [1.54, 1.807) is 18.2 Å². The van der Waals surface area contributed by atoms with Crippen molar-refractivity contribution in [3.63, 3.8) is 0 Å². The van der Waals surface area contributed by atoms with Crippen LogP contribution >= 0.6 is 0 Å². The first-order chi connectivity index (χ1) is 11.9. The van der Waals surface area contributed by atoms with E-state index in [0.29, 0.717) is 5.69 Å². The number of nitro benzene ring substituents is 1. The van der Waals surface area contributed by atoms with Gasteiger partial charge in [-0.25, -0.2) is 4.79 Å². The first-order valence-corrected chi connectivity index (χ1v) is 8.42. The number of nitrogens with zero attached hydrogens (tertiary/aromatic N) is 2. The van der Waals surface area contributed by atoms with Crippen molar-refractivity contribution in [3.05, 3.63) is 64.2 Å². The molecular weight excluding hydrogens is 350 g/mol. The molecular formula is C15H11N3O6S. The van der Waals surface area contributed by atoms with Crippen LogP contribution in [-0.2, 0) is 14.8 Å².